The molecule has 0 aliphatic heterocycles. The monoisotopic (exact) mass is 344 g/mol. The molecule has 1 aromatic heterocycles. The zero-order chi connectivity index (χ0) is 16.1. The zero-order valence-corrected chi connectivity index (χ0v) is 13.7. The van der Waals surface area contributed by atoms with Crippen LogP contribution in [0.25, 0.3) is 11.3 Å². The number of furan rings is 1. The summed E-state index contributed by atoms with van der Waals surface area (Å²) in [6.45, 7) is 0.621. The van der Waals surface area contributed by atoms with Crippen molar-refractivity contribution < 1.29 is 4.42 Å². The van der Waals surface area contributed by atoms with E-state index in [4.69, 9.17) is 27.6 Å². The van der Waals surface area contributed by atoms with Crippen molar-refractivity contribution in [2.24, 2.45) is 5.10 Å². The molecule has 2 aromatic carbocycles. The minimum Gasteiger partial charge on any atom is -0.455 e. The minimum absolute atomic E-state index is 0.621. The first-order chi connectivity index (χ1) is 11.2. The second-order valence-electron chi connectivity index (χ2n) is 4.93. The molecule has 0 atom stereocenters. The molecule has 0 amide bonds. The van der Waals surface area contributed by atoms with Crippen LogP contribution in [0.3, 0.4) is 0 Å². The van der Waals surface area contributed by atoms with E-state index in [0.29, 0.717) is 17.3 Å². The number of hydrazone groups is 1. The Hall–Kier alpha value is -2.23. The molecule has 0 aliphatic carbocycles. The van der Waals surface area contributed by atoms with Crippen LogP contribution in [0.5, 0.6) is 0 Å². The Labute approximate surface area is 144 Å². The Bertz CT molecular complexity index is 810. The van der Waals surface area contributed by atoms with Gasteiger partial charge in [-0.05, 0) is 42.0 Å². The van der Waals surface area contributed by atoms with Gasteiger partial charge in [0.25, 0.3) is 0 Å². The second kappa shape index (κ2) is 7.36. The van der Waals surface area contributed by atoms with Crippen LogP contribution in [0.15, 0.2) is 70.2 Å². The van der Waals surface area contributed by atoms with Crippen molar-refractivity contribution in [3.05, 3.63) is 82.0 Å². The fraction of sp³-hybridized carbons (Fsp3) is 0.0556. The summed E-state index contributed by atoms with van der Waals surface area (Å²) in [5, 5.41) is 5.56. The van der Waals surface area contributed by atoms with Gasteiger partial charge in [-0.25, -0.2) is 0 Å². The fourth-order valence-electron chi connectivity index (χ4n) is 2.07. The number of halogens is 2. The highest BCUT2D eigenvalue weighted by atomic mass is 35.5. The van der Waals surface area contributed by atoms with Crippen molar-refractivity contribution in [3.63, 3.8) is 0 Å². The third-order valence-electron chi connectivity index (χ3n) is 3.22. The lowest BCUT2D eigenvalue weighted by Crippen LogP contribution is -2.05. The molecule has 0 saturated carbocycles. The van der Waals surface area contributed by atoms with Crippen molar-refractivity contribution in [1.29, 1.82) is 0 Å². The molecule has 3 aromatic rings. The van der Waals surface area contributed by atoms with Gasteiger partial charge in [0.15, 0.2) is 0 Å². The first-order valence-electron chi connectivity index (χ1n) is 7.07. The van der Waals surface area contributed by atoms with E-state index in [2.05, 4.69) is 10.5 Å². The van der Waals surface area contributed by atoms with Crippen LogP contribution in [-0.2, 0) is 6.54 Å². The molecule has 0 radical (unpaired) electrons. The number of rotatable bonds is 5. The molecule has 3 rings (SSSR count). The summed E-state index contributed by atoms with van der Waals surface area (Å²) < 4.78 is 5.73. The van der Waals surface area contributed by atoms with E-state index in [1.807, 2.05) is 60.7 Å². The molecule has 0 spiro atoms. The van der Waals surface area contributed by atoms with Gasteiger partial charge in [0.05, 0.1) is 12.8 Å². The molecular weight excluding hydrogens is 331 g/mol. The summed E-state index contributed by atoms with van der Waals surface area (Å²) in [6, 6.07) is 18.9. The lowest BCUT2D eigenvalue weighted by Gasteiger charge is -2.00. The lowest BCUT2D eigenvalue weighted by molar-refractivity contribution is 0.573. The normalized spacial score (nSPS) is 11.0. The van der Waals surface area contributed by atoms with Gasteiger partial charge in [0, 0.05) is 15.6 Å². The lowest BCUT2D eigenvalue weighted by atomic mass is 10.2. The van der Waals surface area contributed by atoms with Crippen molar-refractivity contribution >= 4 is 29.4 Å². The first-order valence-corrected chi connectivity index (χ1v) is 7.82. The maximum Gasteiger partial charge on any atom is 0.147 e. The molecule has 0 aliphatic rings. The number of nitrogens with one attached hydrogen (secondary N) is 1. The maximum absolute atomic E-state index is 5.99. The first kappa shape index (κ1) is 15.7. The van der Waals surface area contributed by atoms with Gasteiger partial charge in [0.2, 0.25) is 0 Å². The van der Waals surface area contributed by atoms with Crippen LogP contribution in [0.4, 0.5) is 0 Å². The Morgan fingerprint density at radius 2 is 1.78 bits per heavy atom. The van der Waals surface area contributed by atoms with Gasteiger partial charge in [-0.2, -0.15) is 5.10 Å². The van der Waals surface area contributed by atoms with Gasteiger partial charge in [-0.1, -0.05) is 47.5 Å². The van der Waals surface area contributed by atoms with Crippen LogP contribution in [0, 0.1) is 0 Å². The van der Waals surface area contributed by atoms with Crippen molar-refractivity contribution in [2.75, 3.05) is 0 Å². The summed E-state index contributed by atoms with van der Waals surface area (Å²) in [6.07, 6.45) is 1.64. The van der Waals surface area contributed by atoms with Crippen LogP contribution >= 0.6 is 23.2 Å². The van der Waals surface area contributed by atoms with Gasteiger partial charge in [-0.3, -0.25) is 0 Å². The maximum atomic E-state index is 5.99. The topological polar surface area (TPSA) is 37.5 Å². The number of hydrogen-bond donors (Lipinski definition) is 1. The SMILES string of the molecule is Clc1ccc(CN/N=C\c2ccc(-c3cccc(Cl)c3)o2)cc1. The molecule has 0 saturated heterocycles. The smallest absolute Gasteiger partial charge is 0.147 e. The summed E-state index contributed by atoms with van der Waals surface area (Å²) in [5.41, 5.74) is 5.01. The molecule has 0 bridgehead atoms. The molecule has 0 unspecified atom stereocenters. The molecular formula is C18H14Cl2N2O. The van der Waals surface area contributed by atoms with E-state index in [9.17, 15) is 0 Å². The highest BCUT2D eigenvalue weighted by molar-refractivity contribution is 6.31. The average Bonchev–Trinajstić information content (AvgIpc) is 3.02. The van der Waals surface area contributed by atoms with Crippen molar-refractivity contribution in [2.45, 2.75) is 6.54 Å². The van der Waals surface area contributed by atoms with Crippen molar-refractivity contribution in [1.82, 2.24) is 5.43 Å². The van der Waals surface area contributed by atoms with Crippen LogP contribution < -0.4 is 5.43 Å². The van der Waals surface area contributed by atoms with Gasteiger partial charge in [0.1, 0.15) is 11.5 Å². The molecule has 5 heteroatoms. The summed E-state index contributed by atoms with van der Waals surface area (Å²) in [4.78, 5) is 0. The minimum atomic E-state index is 0.621. The van der Waals surface area contributed by atoms with Crippen LogP contribution in [-0.4, -0.2) is 6.21 Å². The second-order valence-corrected chi connectivity index (χ2v) is 5.80. The number of benzene rings is 2. The van der Waals surface area contributed by atoms with E-state index >= 15 is 0 Å². The van der Waals surface area contributed by atoms with Crippen LogP contribution in [0.2, 0.25) is 10.0 Å². The van der Waals surface area contributed by atoms with Crippen LogP contribution in [0.1, 0.15) is 11.3 Å². The van der Waals surface area contributed by atoms with E-state index in [0.717, 1.165) is 21.9 Å². The van der Waals surface area contributed by atoms with Gasteiger partial charge >= 0.3 is 0 Å². The molecule has 0 fully saturated rings. The molecule has 23 heavy (non-hydrogen) atoms. The third-order valence-corrected chi connectivity index (χ3v) is 3.70. The van der Waals surface area contributed by atoms with E-state index < -0.39 is 0 Å². The molecule has 116 valence electrons. The molecule has 1 heterocycles. The number of hydrogen-bond acceptors (Lipinski definition) is 3. The Morgan fingerprint density at radius 3 is 2.57 bits per heavy atom. The molecule has 1 N–H and O–H groups in total. The number of nitrogens with zero attached hydrogens (tertiary/aromatic N) is 1. The summed E-state index contributed by atoms with van der Waals surface area (Å²) in [5.74, 6) is 1.43. The molecule has 3 nitrogen and oxygen atoms in total. The average molecular weight is 345 g/mol. The highest BCUT2D eigenvalue weighted by Gasteiger charge is 2.03. The largest absolute Gasteiger partial charge is 0.455 e. The Balaban J connectivity index is 1.59. The van der Waals surface area contributed by atoms with Crippen molar-refractivity contribution in [3.8, 4) is 11.3 Å². The zero-order valence-electron chi connectivity index (χ0n) is 12.2. The Kier molecular flexibility index (Phi) is 5.01. The third kappa shape index (κ3) is 4.38. The predicted molar refractivity (Wildman–Crippen MR) is 95.0 cm³/mol. The summed E-state index contributed by atoms with van der Waals surface area (Å²) in [7, 11) is 0. The standard InChI is InChI=1S/C18H14Cl2N2O/c19-15-6-4-13(5-7-15)11-21-22-12-17-8-9-18(23-17)14-2-1-3-16(20)10-14/h1-10,12,21H,11H2/b22-12-. The fourth-order valence-corrected chi connectivity index (χ4v) is 2.38. The van der Waals surface area contributed by atoms with E-state index in [-0.39, 0.29) is 0 Å². The Morgan fingerprint density at radius 1 is 0.957 bits per heavy atom. The van der Waals surface area contributed by atoms with Gasteiger partial charge < -0.3 is 9.84 Å². The van der Waals surface area contributed by atoms with Gasteiger partial charge in [-0.15, -0.1) is 0 Å². The summed E-state index contributed by atoms with van der Waals surface area (Å²) >= 11 is 11.8. The quantitative estimate of drug-likeness (QED) is 0.498. The van der Waals surface area contributed by atoms with E-state index in [1.165, 1.54) is 0 Å². The predicted octanol–water partition coefficient (Wildman–Crippen LogP) is 5.38. The highest BCUT2D eigenvalue weighted by Crippen LogP contribution is 2.24. The van der Waals surface area contributed by atoms with E-state index in [1.54, 1.807) is 6.21 Å².